The predicted molar refractivity (Wildman–Crippen MR) is 125 cm³/mol. The predicted octanol–water partition coefficient (Wildman–Crippen LogP) is 10.4. The molecule has 0 spiro atoms. The number of rotatable bonds is 15. The van der Waals surface area contributed by atoms with Gasteiger partial charge in [-0.1, -0.05) is 165 Å². The molecule has 8 heteroatoms. The summed E-state index contributed by atoms with van der Waals surface area (Å²) in [5.41, 5.74) is 0. The van der Waals surface area contributed by atoms with Gasteiger partial charge in [-0.15, -0.1) is 11.6 Å². The van der Waals surface area contributed by atoms with Crippen LogP contribution in [0.5, 0.6) is 0 Å². The molecule has 0 aliphatic heterocycles. The summed E-state index contributed by atoms with van der Waals surface area (Å²) < 4.78 is -5.85. The zero-order valence-electron chi connectivity index (χ0n) is 15.3. The summed E-state index contributed by atoms with van der Waals surface area (Å²) in [6.07, 6.45) is 15.6. The van der Waals surface area contributed by atoms with Crippen molar-refractivity contribution in [3.8, 4) is 0 Å². The summed E-state index contributed by atoms with van der Waals surface area (Å²) in [6.45, 7) is 2.25. The van der Waals surface area contributed by atoms with E-state index in [1.807, 2.05) is 0 Å². The molecule has 0 heterocycles. The van der Waals surface area contributed by atoms with E-state index in [0.717, 1.165) is 19.3 Å². The Hall–Kier alpha value is 2.32. The van der Waals surface area contributed by atoms with Crippen LogP contribution < -0.4 is 0 Å². The van der Waals surface area contributed by atoms with Gasteiger partial charge in [-0.2, -0.15) is 0 Å². The molecule has 0 saturated heterocycles. The van der Waals surface area contributed by atoms with Gasteiger partial charge in [0.05, 0.1) is 5.38 Å². The molecule has 0 aliphatic carbocycles. The molecule has 0 N–H and O–H groups in total. The highest BCUT2D eigenvalue weighted by molar-refractivity contribution is 6.79. The van der Waals surface area contributed by atoms with E-state index < -0.39 is 17.8 Å². The minimum atomic E-state index is -2.05. The highest BCUT2D eigenvalue weighted by atomic mass is 35.6. The molecule has 26 heavy (non-hydrogen) atoms. The highest BCUT2D eigenvalue weighted by Gasteiger charge is 2.62. The van der Waals surface area contributed by atoms with Crippen molar-refractivity contribution in [3.63, 3.8) is 0 Å². The van der Waals surface area contributed by atoms with Crippen molar-refractivity contribution in [3.05, 3.63) is 0 Å². The third-order valence-electron chi connectivity index (χ3n) is 4.48. The fourth-order valence-electron chi connectivity index (χ4n) is 2.73. The molecule has 0 fully saturated rings. The first-order chi connectivity index (χ1) is 12.0. The third-order valence-corrected chi connectivity index (χ3v) is 9.32. The lowest BCUT2D eigenvalue weighted by atomic mass is 10.0. The molecule has 0 bridgehead atoms. The average Bonchev–Trinajstić information content (AvgIpc) is 2.54. The van der Waals surface area contributed by atoms with Gasteiger partial charge in [-0.3, -0.25) is 0 Å². The van der Waals surface area contributed by atoms with Crippen molar-refractivity contribution in [2.24, 2.45) is 0 Å². The summed E-state index contributed by atoms with van der Waals surface area (Å²) >= 11 is 48.2. The Morgan fingerprint density at radius 1 is 0.577 bits per heavy atom. The Bertz CT molecular complexity index is 352. The highest BCUT2D eigenvalue weighted by Crippen LogP contribution is 2.58. The van der Waals surface area contributed by atoms with Crippen molar-refractivity contribution in [2.45, 2.75) is 108 Å². The quantitative estimate of drug-likeness (QED) is 0.146. The molecule has 0 amide bonds. The SMILES string of the molecule is CCCCCCCCCCCCCCC(Cl)C(Cl)(Cl)C(Cl)(Cl)C(Cl)(Cl)Cl. The molecule has 0 saturated carbocycles. The average molecular weight is 530 g/mol. The van der Waals surface area contributed by atoms with Gasteiger partial charge in [0, 0.05) is 0 Å². The maximum Gasteiger partial charge on any atom is 0.226 e. The Balaban J connectivity index is 3.81. The standard InChI is InChI=1S/C18H30Cl8/c1-2-3-4-5-6-7-8-9-10-11-12-13-14-15(19)16(20,21)17(22,23)18(24,25)26/h15H,2-14H2,1H3. The second-order valence-corrected chi connectivity index (χ2v) is 12.4. The van der Waals surface area contributed by atoms with E-state index in [9.17, 15) is 0 Å². The Morgan fingerprint density at radius 3 is 1.27 bits per heavy atom. The maximum absolute atomic E-state index is 6.29. The fourth-order valence-corrected chi connectivity index (χ4v) is 4.66. The van der Waals surface area contributed by atoms with Crippen molar-refractivity contribution in [2.75, 3.05) is 0 Å². The van der Waals surface area contributed by atoms with Crippen LogP contribution in [0.3, 0.4) is 0 Å². The lowest BCUT2D eigenvalue weighted by Crippen LogP contribution is -2.52. The first-order valence-corrected chi connectivity index (χ1v) is 12.5. The first kappa shape index (κ1) is 28.3. The third kappa shape index (κ3) is 10.4. The van der Waals surface area contributed by atoms with Crippen molar-refractivity contribution >= 4 is 92.8 Å². The molecular formula is C18H30Cl8. The molecule has 0 aromatic heterocycles. The topological polar surface area (TPSA) is 0 Å². The Kier molecular flexibility index (Phi) is 15.6. The van der Waals surface area contributed by atoms with Gasteiger partial charge in [-0.25, -0.2) is 0 Å². The largest absolute Gasteiger partial charge is 0.226 e. The van der Waals surface area contributed by atoms with Crippen LogP contribution in [0.1, 0.15) is 90.4 Å². The van der Waals surface area contributed by atoms with Crippen LogP contribution >= 0.6 is 92.8 Å². The Labute approximate surface area is 199 Å². The summed E-state index contributed by atoms with van der Waals surface area (Å²) in [6, 6.07) is 0. The molecule has 158 valence electrons. The number of hydrogen-bond acceptors (Lipinski definition) is 0. The molecule has 1 atom stereocenters. The summed E-state index contributed by atoms with van der Waals surface area (Å²) in [4.78, 5) is 0. The van der Waals surface area contributed by atoms with Gasteiger partial charge in [-0.05, 0) is 6.42 Å². The molecular weight excluding hydrogens is 500 g/mol. The van der Waals surface area contributed by atoms with Crippen LogP contribution in [0.15, 0.2) is 0 Å². The molecule has 0 aromatic rings. The monoisotopic (exact) mass is 526 g/mol. The van der Waals surface area contributed by atoms with Crippen LogP contribution in [0.25, 0.3) is 0 Å². The second-order valence-electron chi connectivity index (χ2n) is 6.84. The number of alkyl halides is 8. The lowest BCUT2D eigenvalue weighted by Gasteiger charge is -2.40. The zero-order valence-corrected chi connectivity index (χ0v) is 21.3. The van der Waals surface area contributed by atoms with E-state index in [-0.39, 0.29) is 0 Å². The van der Waals surface area contributed by atoms with Crippen LogP contribution in [0, 0.1) is 0 Å². The molecule has 0 nitrogen and oxygen atoms in total. The van der Waals surface area contributed by atoms with Gasteiger partial charge in [0.1, 0.15) is 0 Å². The van der Waals surface area contributed by atoms with E-state index in [2.05, 4.69) is 6.92 Å². The van der Waals surface area contributed by atoms with Crippen LogP contribution in [-0.2, 0) is 0 Å². The minimum absolute atomic E-state index is 0.550. The summed E-state index contributed by atoms with van der Waals surface area (Å²) in [5, 5.41) is -0.723. The number of hydrogen-bond donors (Lipinski definition) is 0. The van der Waals surface area contributed by atoms with Gasteiger partial charge in [0.25, 0.3) is 0 Å². The maximum atomic E-state index is 6.29. The fraction of sp³-hybridized carbons (Fsp3) is 1.00. The number of halogens is 8. The first-order valence-electron chi connectivity index (χ1n) is 9.45. The summed E-state index contributed by atoms with van der Waals surface area (Å²) in [7, 11) is 0. The second kappa shape index (κ2) is 14.3. The van der Waals surface area contributed by atoms with Crippen LogP contribution in [0.2, 0.25) is 0 Å². The molecule has 0 aromatic carbocycles. The lowest BCUT2D eigenvalue weighted by molar-refractivity contribution is 0.521. The minimum Gasteiger partial charge on any atom is -0.120 e. The molecule has 0 radical (unpaired) electrons. The van der Waals surface area contributed by atoms with E-state index in [1.54, 1.807) is 0 Å². The normalized spacial score (nSPS) is 14.7. The zero-order chi connectivity index (χ0) is 20.3. The van der Waals surface area contributed by atoms with Crippen molar-refractivity contribution in [1.29, 1.82) is 0 Å². The van der Waals surface area contributed by atoms with Gasteiger partial charge in [0.15, 0.2) is 8.67 Å². The van der Waals surface area contributed by atoms with Crippen molar-refractivity contribution in [1.82, 2.24) is 0 Å². The van der Waals surface area contributed by atoms with Crippen LogP contribution in [0.4, 0.5) is 0 Å². The van der Waals surface area contributed by atoms with Gasteiger partial charge in [0.2, 0.25) is 3.79 Å². The van der Waals surface area contributed by atoms with Gasteiger partial charge >= 0.3 is 0 Å². The van der Waals surface area contributed by atoms with Crippen molar-refractivity contribution < 1.29 is 0 Å². The van der Waals surface area contributed by atoms with E-state index in [4.69, 9.17) is 92.8 Å². The van der Waals surface area contributed by atoms with Crippen LogP contribution in [-0.4, -0.2) is 17.8 Å². The smallest absolute Gasteiger partial charge is 0.120 e. The summed E-state index contributed by atoms with van der Waals surface area (Å²) in [5.74, 6) is 0. The Morgan fingerprint density at radius 2 is 0.923 bits per heavy atom. The van der Waals surface area contributed by atoms with E-state index in [1.165, 1.54) is 57.8 Å². The van der Waals surface area contributed by atoms with Gasteiger partial charge < -0.3 is 0 Å². The molecule has 1 unspecified atom stereocenters. The van der Waals surface area contributed by atoms with E-state index in [0.29, 0.717) is 6.42 Å². The van der Waals surface area contributed by atoms with E-state index >= 15 is 0 Å². The number of unbranched alkanes of at least 4 members (excludes halogenated alkanes) is 11. The molecule has 0 rings (SSSR count). The molecule has 0 aliphatic rings.